The van der Waals surface area contributed by atoms with Gasteiger partial charge in [-0.2, -0.15) is 0 Å². The van der Waals surface area contributed by atoms with E-state index in [0.717, 1.165) is 13.1 Å². The van der Waals surface area contributed by atoms with Crippen LogP contribution in [-0.2, 0) is 13.0 Å². The summed E-state index contributed by atoms with van der Waals surface area (Å²) in [6.45, 7) is 4.40. The number of aryl methyl sites for hydroxylation is 1. The van der Waals surface area contributed by atoms with Crippen LogP contribution in [0.25, 0.3) is 0 Å². The third-order valence-corrected chi connectivity index (χ3v) is 4.70. The maximum atomic E-state index is 2.60. The Kier molecular flexibility index (Phi) is 2.61. The van der Waals surface area contributed by atoms with E-state index in [0.29, 0.717) is 6.17 Å². The molecule has 0 N–H and O–H groups in total. The standard InChI is InChI=1S/C18H20N2/c1-13-7-8-17-15(11-13)12-20-10-9-14-5-3-4-6-16(14)18(20)19(17)2/h3-8,11,18H,9-10,12H2,1-2H3. The lowest BCUT2D eigenvalue weighted by atomic mass is 9.92. The van der Waals surface area contributed by atoms with Crippen molar-refractivity contribution in [3.05, 3.63) is 64.7 Å². The van der Waals surface area contributed by atoms with Crippen molar-refractivity contribution in [3.63, 3.8) is 0 Å². The van der Waals surface area contributed by atoms with Crippen molar-refractivity contribution in [2.24, 2.45) is 0 Å². The van der Waals surface area contributed by atoms with Crippen LogP contribution in [-0.4, -0.2) is 18.5 Å². The highest BCUT2D eigenvalue weighted by atomic mass is 15.4. The predicted octanol–water partition coefficient (Wildman–Crippen LogP) is 3.50. The van der Waals surface area contributed by atoms with Gasteiger partial charge in [-0.3, -0.25) is 4.90 Å². The van der Waals surface area contributed by atoms with Gasteiger partial charge in [0, 0.05) is 25.8 Å². The molecule has 2 aromatic carbocycles. The van der Waals surface area contributed by atoms with E-state index in [9.17, 15) is 0 Å². The fourth-order valence-corrected chi connectivity index (χ4v) is 3.75. The summed E-state index contributed by atoms with van der Waals surface area (Å²) in [6, 6.07) is 15.7. The van der Waals surface area contributed by atoms with Crippen molar-refractivity contribution < 1.29 is 0 Å². The highest BCUT2D eigenvalue weighted by Crippen LogP contribution is 2.41. The number of benzene rings is 2. The molecule has 0 fully saturated rings. The molecule has 4 rings (SSSR count). The van der Waals surface area contributed by atoms with Crippen LogP contribution in [0.15, 0.2) is 42.5 Å². The molecule has 0 aromatic heterocycles. The summed E-state index contributed by atoms with van der Waals surface area (Å²) in [5, 5.41) is 0. The molecule has 20 heavy (non-hydrogen) atoms. The Morgan fingerprint density at radius 3 is 2.80 bits per heavy atom. The summed E-state index contributed by atoms with van der Waals surface area (Å²) >= 11 is 0. The van der Waals surface area contributed by atoms with Gasteiger partial charge in [-0.1, -0.05) is 42.0 Å². The monoisotopic (exact) mass is 264 g/mol. The van der Waals surface area contributed by atoms with Crippen molar-refractivity contribution in [3.8, 4) is 0 Å². The highest BCUT2D eigenvalue weighted by molar-refractivity contribution is 5.58. The lowest BCUT2D eigenvalue weighted by molar-refractivity contribution is 0.164. The maximum Gasteiger partial charge on any atom is 0.109 e. The molecule has 0 saturated carbocycles. The predicted molar refractivity (Wildman–Crippen MR) is 82.9 cm³/mol. The van der Waals surface area contributed by atoms with E-state index in [4.69, 9.17) is 0 Å². The van der Waals surface area contributed by atoms with Crippen molar-refractivity contribution in [2.45, 2.75) is 26.1 Å². The normalized spacial score (nSPS) is 21.1. The fourth-order valence-electron chi connectivity index (χ4n) is 3.75. The second kappa shape index (κ2) is 4.35. The summed E-state index contributed by atoms with van der Waals surface area (Å²) in [4.78, 5) is 5.04. The molecule has 2 heterocycles. The van der Waals surface area contributed by atoms with Crippen molar-refractivity contribution in [2.75, 3.05) is 18.5 Å². The van der Waals surface area contributed by atoms with Gasteiger partial charge in [0.2, 0.25) is 0 Å². The Morgan fingerprint density at radius 2 is 1.90 bits per heavy atom. The van der Waals surface area contributed by atoms with E-state index >= 15 is 0 Å². The van der Waals surface area contributed by atoms with E-state index in [-0.39, 0.29) is 0 Å². The molecule has 2 aromatic rings. The second-order valence-corrected chi connectivity index (χ2v) is 6.04. The molecule has 0 amide bonds. The number of hydrogen-bond acceptors (Lipinski definition) is 2. The van der Waals surface area contributed by atoms with Gasteiger partial charge in [-0.25, -0.2) is 0 Å². The van der Waals surface area contributed by atoms with E-state index < -0.39 is 0 Å². The minimum Gasteiger partial charge on any atom is -0.355 e. The minimum atomic E-state index is 0.398. The first-order valence-electron chi connectivity index (χ1n) is 7.38. The molecule has 0 saturated heterocycles. The van der Waals surface area contributed by atoms with E-state index in [2.05, 4.69) is 66.2 Å². The fraction of sp³-hybridized carbons (Fsp3) is 0.333. The van der Waals surface area contributed by atoms with Crippen LogP contribution < -0.4 is 4.90 Å². The van der Waals surface area contributed by atoms with Crippen molar-refractivity contribution in [1.29, 1.82) is 0 Å². The Bertz CT molecular complexity index is 662. The van der Waals surface area contributed by atoms with E-state index in [1.165, 1.54) is 34.4 Å². The summed E-state index contributed by atoms with van der Waals surface area (Å²) in [7, 11) is 2.23. The molecule has 0 spiro atoms. The van der Waals surface area contributed by atoms with Crippen LogP contribution >= 0.6 is 0 Å². The van der Waals surface area contributed by atoms with Crippen LogP contribution in [0.1, 0.15) is 28.4 Å². The van der Waals surface area contributed by atoms with Gasteiger partial charge >= 0.3 is 0 Å². The highest BCUT2D eigenvalue weighted by Gasteiger charge is 2.34. The number of fused-ring (bicyclic) bond motifs is 4. The largest absolute Gasteiger partial charge is 0.355 e. The van der Waals surface area contributed by atoms with E-state index in [1.807, 2.05) is 0 Å². The second-order valence-electron chi connectivity index (χ2n) is 6.04. The Balaban J connectivity index is 1.83. The molecule has 2 aliphatic rings. The zero-order valence-electron chi connectivity index (χ0n) is 12.1. The molecule has 2 aliphatic heterocycles. The Labute approximate surface area is 120 Å². The third kappa shape index (κ3) is 1.68. The summed E-state index contributed by atoms with van der Waals surface area (Å²) in [5.74, 6) is 0. The molecule has 2 nitrogen and oxygen atoms in total. The lowest BCUT2D eigenvalue weighted by Crippen LogP contribution is -2.47. The van der Waals surface area contributed by atoms with Gasteiger partial charge in [0.05, 0.1) is 0 Å². The molecule has 0 radical (unpaired) electrons. The molecular weight excluding hydrogens is 244 g/mol. The number of hydrogen-bond donors (Lipinski definition) is 0. The van der Waals surface area contributed by atoms with E-state index in [1.54, 1.807) is 0 Å². The number of anilines is 1. The zero-order chi connectivity index (χ0) is 13.7. The summed E-state index contributed by atoms with van der Waals surface area (Å²) < 4.78 is 0. The van der Waals surface area contributed by atoms with Crippen molar-refractivity contribution >= 4 is 5.69 Å². The van der Waals surface area contributed by atoms with Crippen LogP contribution in [0.3, 0.4) is 0 Å². The quantitative estimate of drug-likeness (QED) is 0.718. The molecule has 1 unspecified atom stereocenters. The number of rotatable bonds is 0. The van der Waals surface area contributed by atoms with Gasteiger partial charge in [0.25, 0.3) is 0 Å². The summed E-state index contributed by atoms with van der Waals surface area (Å²) in [5.41, 5.74) is 7.19. The first-order valence-corrected chi connectivity index (χ1v) is 7.38. The minimum absolute atomic E-state index is 0.398. The first-order chi connectivity index (χ1) is 9.74. The maximum absolute atomic E-state index is 2.60. The first kappa shape index (κ1) is 12.0. The van der Waals surface area contributed by atoms with Gasteiger partial charge in [-0.15, -0.1) is 0 Å². The molecule has 0 bridgehead atoms. The third-order valence-electron chi connectivity index (χ3n) is 4.70. The van der Waals surface area contributed by atoms with Gasteiger partial charge in [-0.05, 0) is 36.1 Å². The summed E-state index contributed by atoms with van der Waals surface area (Å²) in [6.07, 6.45) is 1.57. The van der Waals surface area contributed by atoms with Crippen molar-refractivity contribution in [1.82, 2.24) is 4.90 Å². The number of nitrogens with zero attached hydrogens (tertiary/aromatic N) is 2. The molecule has 1 atom stereocenters. The van der Waals surface area contributed by atoms with Gasteiger partial charge in [0.15, 0.2) is 0 Å². The Hall–Kier alpha value is -1.80. The molecular formula is C18H20N2. The van der Waals surface area contributed by atoms with Crippen LogP contribution in [0.4, 0.5) is 5.69 Å². The Morgan fingerprint density at radius 1 is 1.05 bits per heavy atom. The molecule has 2 heteroatoms. The average Bonchev–Trinajstić information content (AvgIpc) is 2.46. The molecule has 102 valence electrons. The SMILES string of the molecule is Cc1ccc2c(c1)CN1CCc3ccccc3C1N2C. The van der Waals surface area contributed by atoms with Gasteiger partial charge < -0.3 is 4.90 Å². The van der Waals surface area contributed by atoms with Gasteiger partial charge in [0.1, 0.15) is 6.17 Å². The smallest absolute Gasteiger partial charge is 0.109 e. The van der Waals surface area contributed by atoms with Crippen LogP contribution in [0.2, 0.25) is 0 Å². The average molecular weight is 264 g/mol. The molecule has 0 aliphatic carbocycles. The van der Waals surface area contributed by atoms with Crippen LogP contribution in [0.5, 0.6) is 0 Å². The van der Waals surface area contributed by atoms with Crippen LogP contribution in [0, 0.1) is 6.92 Å². The topological polar surface area (TPSA) is 6.48 Å². The zero-order valence-corrected chi connectivity index (χ0v) is 12.1. The lowest BCUT2D eigenvalue weighted by Gasteiger charge is -2.47.